The average Bonchev–Trinajstić information content (AvgIpc) is 3.51. The van der Waals surface area contributed by atoms with E-state index < -0.39 is 35.7 Å². The minimum absolute atomic E-state index is 0.371. The van der Waals surface area contributed by atoms with Crippen molar-refractivity contribution < 1.29 is 36.3 Å². The van der Waals surface area contributed by atoms with Gasteiger partial charge < -0.3 is 14.2 Å². The maximum atomic E-state index is 13.1. The zero-order chi connectivity index (χ0) is 31.8. The van der Waals surface area contributed by atoms with Crippen LogP contribution in [0, 0.1) is 0 Å². The Bertz CT molecular complexity index is 1420. The number of hydrogen-bond donors (Lipinski definition) is 0. The van der Waals surface area contributed by atoms with Crippen molar-refractivity contribution in [2.45, 2.75) is 78.1 Å². The van der Waals surface area contributed by atoms with Crippen molar-refractivity contribution in [2.75, 3.05) is 0 Å². The normalized spacial score (nSPS) is 12.5. The number of ether oxygens (including phenoxy) is 3. The zero-order valence-corrected chi connectivity index (χ0v) is 26.2. The van der Waals surface area contributed by atoms with E-state index in [4.69, 9.17) is 4.74 Å². The van der Waals surface area contributed by atoms with Crippen molar-refractivity contribution in [3.05, 3.63) is 94.3 Å². The predicted molar refractivity (Wildman–Crippen MR) is 158 cm³/mol. The van der Waals surface area contributed by atoms with Crippen LogP contribution >= 0.6 is 11.3 Å². The minimum atomic E-state index is -3.21. The molecule has 0 aliphatic heterocycles. The van der Waals surface area contributed by atoms with Gasteiger partial charge >= 0.3 is 13.2 Å². The van der Waals surface area contributed by atoms with Crippen molar-refractivity contribution in [1.29, 1.82) is 0 Å². The fraction of sp³-hybridized carbons (Fsp3) is 0.406. The lowest BCUT2D eigenvalue weighted by molar-refractivity contribution is -0.671. The van der Waals surface area contributed by atoms with Crippen molar-refractivity contribution in [1.82, 2.24) is 9.97 Å². The largest absolute Gasteiger partial charge is 0.471 e. The van der Waals surface area contributed by atoms with E-state index in [0.29, 0.717) is 17.9 Å². The first kappa shape index (κ1) is 33.8. The van der Waals surface area contributed by atoms with Crippen LogP contribution in [0.2, 0.25) is 0 Å². The Hall–Kier alpha value is -3.73. The highest BCUT2D eigenvalue weighted by Crippen LogP contribution is 2.40. The molecule has 0 bridgehead atoms. The maximum Gasteiger partial charge on any atom is 0.387 e. The second-order valence-electron chi connectivity index (χ2n) is 10.6. The van der Waals surface area contributed by atoms with Gasteiger partial charge in [0.05, 0.1) is 5.41 Å². The summed E-state index contributed by atoms with van der Waals surface area (Å²) in [5.41, 5.74) is 1.25. The molecule has 3 aromatic heterocycles. The van der Waals surface area contributed by atoms with E-state index in [1.54, 1.807) is 35.9 Å². The Morgan fingerprint density at radius 3 is 2.02 bits per heavy atom. The average molecular weight is 621 g/mol. The molecule has 1 aromatic carbocycles. The minimum Gasteiger partial charge on any atom is -0.471 e. The number of aromatic nitrogens is 3. The summed E-state index contributed by atoms with van der Waals surface area (Å²) in [5, 5.41) is 2.87. The number of nitrogens with zero attached hydrogens (tertiary/aromatic N) is 3. The molecule has 0 saturated carbocycles. The first-order valence-electron chi connectivity index (χ1n) is 13.9. The highest BCUT2D eigenvalue weighted by Gasteiger charge is 2.43. The predicted octanol–water partition coefficient (Wildman–Crippen LogP) is 8.10. The van der Waals surface area contributed by atoms with Crippen LogP contribution in [0.15, 0.2) is 72.6 Å². The number of thiazole rings is 1. The molecule has 0 aliphatic rings. The van der Waals surface area contributed by atoms with Crippen LogP contribution < -0.4 is 18.8 Å². The topological polar surface area (TPSA) is 57.4 Å². The number of alkyl halides is 4. The molecule has 0 aliphatic carbocycles. The molecule has 6 nitrogen and oxygen atoms in total. The number of aryl methyl sites for hydroxylation is 1. The van der Waals surface area contributed by atoms with Gasteiger partial charge in [-0.2, -0.15) is 17.6 Å². The van der Waals surface area contributed by atoms with Crippen LogP contribution in [-0.2, 0) is 18.9 Å². The molecule has 0 spiro atoms. The molecular formula is C32H38F4N3O3S+. The first-order valence-corrected chi connectivity index (χ1v) is 14.8. The zero-order valence-electron chi connectivity index (χ0n) is 25.4. The van der Waals surface area contributed by atoms with Crippen LogP contribution in [0.25, 0.3) is 0 Å². The summed E-state index contributed by atoms with van der Waals surface area (Å²) in [5.74, 6) is -0.899. The van der Waals surface area contributed by atoms with Crippen LogP contribution in [-0.4, -0.2) is 28.8 Å². The van der Waals surface area contributed by atoms with Gasteiger partial charge in [-0.3, -0.25) is 0 Å². The van der Waals surface area contributed by atoms with Gasteiger partial charge in [-0.05, 0) is 62.9 Å². The third-order valence-electron chi connectivity index (χ3n) is 7.28. The fourth-order valence-electron chi connectivity index (χ4n) is 4.29. The van der Waals surface area contributed by atoms with E-state index in [1.807, 2.05) is 75.3 Å². The molecule has 4 aromatic rings. The van der Waals surface area contributed by atoms with Crippen molar-refractivity contribution in [2.24, 2.45) is 7.05 Å². The molecule has 3 heterocycles. The molecule has 0 saturated heterocycles. The van der Waals surface area contributed by atoms with Gasteiger partial charge in [0.1, 0.15) is 17.7 Å². The van der Waals surface area contributed by atoms with Crippen LogP contribution in [0.1, 0.15) is 69.2 Å². The van der Waals surface area contributed by atoms with E-state index >= 15 is 0 Å². The molecule has 0 radical (unpaired) electrons. The fourth-order valence-corrected chi connectivity index (χ4v) is 5.20. The molecule has 4 rings (SSSR count). The molecule has 11 heteroatoms. The number of rotatable bonds is 12. The van der Waals surface area contributed by atoms with Crippen molar-refractivity contribution in [3.63, 3.8) is 0 Å². The summed E-state index contributed by atoms with van der Waals surface area (Å²) in [6.07, 6.45) is 7.72. The van der Waals surface area contributed by atoms with Crippen LogP contribution in [0.4, 0.5) is 17.6 Å². The monoisotopic (exact) mass is 620 g/mol. The lowest BCUT2D eigenvalue weighted by Gasteiger charge is -2.39. The number of benzene rings is 1. The summed E-state index contributed by atoms with van der Waals surface area (Å²) in [6.45, 7) is 5.69. The van der Waals surface area contributed by atoms with Crippen molar-refractivity contribution >= 4 is 11.3 Å². The van der Waals surface area contributed by atoms with E-state index in [1.165, 1.54) is 12.1 Å². The number of hydrogen-bond acceptors (Lipinski definition) is 6. The van der Waals surface area contributed by atoms with Crippen LogP contribution in [0.3, 0.4) is 0 Å². The Kier molecular flexibility index (Phi) is 11.5. The van der Waals surface area contributed by atoms with Gasteiger partial charge in [-0.1, -0.05) is 26.0 Å². The second-order valence-corrected chi connectivity index (χ2v) is 11.5. The third kappa shape index (κ3) is 8.65. The van der Waals surface area contributed by atoms with Gasteiger partial charge in [-0.25, -0.2) is 14.5 Å². The summed E-state index contributed by atoms with van der Waals surface area (Å²) >= 11 is 1.56. The lowest BCUT2D eigenvalue weighted by Crippen LogP contribution is -2.47. The highest BCUT2D eigenvalue weighted by atomic mass is 32.1. The first-order chi connectivity index (χ1) is 20.4. The molecule has 1 atom stereocenters. The third-order valence-corrected chi connectivity index (χ3v) is 8.38. The molecule has 1 unspecified atom stereocenters. The Morgan fingerprint density at radius 2 is 1.47 bits per heavy atom. The van der Waals surface area contributed by atoms with E-state index in [9.17, 15) is 17.6 Å². The van der Waals surface area contributed by atoms with E-state index in [-0.39, 0.29) is 5.92 Å². The quantitative estimate of drug-likeness (QED) is 0.118. The molecule has 232 valence electrons. The van der Waals surface area contributed by atoms with Crippen LogP contribution in [0.5, 0.6) is 17.4 Å². The van der Waals surface area contributed by atoms with Gasteiger partial charge in [0.25, 0.3) is 0 Å². The molecule has 0 fully saturated rings. The maximum absolute atomic E-state index is 13.1. The van der Waals surface area contributed by atoms with E-state index in [2.05, 4.69) is 33.3 Å². The second kappa shape index (κ2) is 14.6. The number of pyridine rings is 2. The van der Waals surface area contributed by atoms with Gasteiger partial charge in [-0.15, -0.1) is 11.3 Å². The summed E-state index contributed by atoms with van der Waals surface area (Å²) in [4.78, 5) is 9.04. The molecule has 0 N–H and O–H groups in total. The number of halogens is 4. The Morgan fingerprint density at radius 1 is 0.837 bits per heavy atom. The molecule has 0 amide bonds. The standard InChI is InChI=1S/C30H32F4N3O3S.C2H6/c1-29(2,26-35-12-15-41-26)30(3,4)40-25-9-7-21(18-36-25)22(16-19-10-13-37(5)14-11-19)20-6-8-23(38-27(31)32)24(17-20)39-28(33)34;1-2/h6-15,17-18,22,27-28H,16H2,1-5H3;1-2H3/q+1;. The highest BCUT2D eigenvalue weighted by molar-refractivity contribution is 7.09. The Balaban J connectivity index is 0.00000248. The molecular weight excluding hydrogens is 582 g/mol. The van der Waals surface area contributed by atoms with Crippen molar-refractivity contribution in [3.8, 4) is 17.4 Å². The molecule has 43 heavy (non-hydrogen) atoms. The Labute approximate surface area is 254 Å². The van der Waals surface area contributed by atoms with Gasteiger partial charge in [0.2, 0.25) is 5.88 Å². The van der Waals surface area contributed by atoms with Gasteiger partial charge in [0, 0.05) is 41.9 Å². The SMILES string of the molecule is CC.C[n+]1ccc(CC(c2ccc(OC(C)(C)C(C)(C)c3nccs3)nc2)c2ccc(OC(F)F)c(OC(F)F)c2)cc1. The summed E-state index contributed by atoms with van der Waals surface area (Å²) in [7, 11) is 1.90. The van der Waals surface area contributed by atoms with Gasteiger partial charge in [0.15, 0.2) is 23.9 Å². The smallest absolute Gasteiger partial charge is 0.387 e. The lowest BCUT2D eigenvalue weighted by atomic mass is 9.77. The summed E-state index contributed by atoms with van der Waals surface area (Å²) in [6, 6.07) is 11.6. The van der Waals surface area contributed by atoms with E-state index in [0.717, 1.165) is 16.1 Å². The summed E-state index contributed by atoms with van der Waals surface area (Å²) < 4.78 is 69.3.